The molecular weight excluding hydrogens is 275 g/mol. The van der Waals surface area contributed by atoms with E-state index in [1.807, 2.05) is 48.5 Å². The number of imidazole rings is 1. The van der Waals surface area contributed by atoms with Crippen LogP contribution in [0, 0.1) is 5.82 Å². The Morgan fingerprint density at radius 1 is 0.682 bits per heavy atom. The zero-order valence-electron chi connectivity index (χ0n) is 11.8. The lowest BCUT2D eigenvalue weighted by Crippen LogP contribution is -1.82. The van der Waals surface area contributed by atoms with E-state index in [0.717, 1.165) is 33.5 Å². The lowest BCUT2D eigenvalue weighted by Gasteiger charge is -2.03. The van der Waals surface area contributed by atoms with Gasteiger partial charge in [0.15, 0.2) is 0 Å². The van der Waals surface area contributed by atoms with E-state index < -0.39 is 0 Å². The van der Waals surface area contributed by atoms with Gasteiger partial charge in [-0.15, -0.1) is 0 Å². The molecule has 0 spiro atoms. The first-order valence-electron chi connectivity index (χ1n) is 7.11. The van der Waals surface area contributed by atoms with E-state index in [2.05, 4.69) is 9.97 Å². The topological polar surface area (TPSA) is 28.7 Å². The fraction of sp³-hybridized carbons (Fsp3) is 0. The average Bonchev–Trinajstić information content (AvgIpc) is 3.00. The standard InChI is InChI=1S/C19H13FN2/c20-16-11-9-14(10-12-16)13-5-7-15(8-6-13)19-21-17-3-1-2-4-18(17)22-19/h1-12H,(H,21,22). The number of nitrogens with zero attached hydrogens (tertiary/aromatic N) is 1. The van der Waals surface area contributed by atoms with Crippen LogP contribution >= 0.6 is 0 Å². The second kappa shape index (κ2) is 5.11. The maximum absolute atomic E-state index is 13.0. The summed E-state index contributed by atoms with van der Waals surface area (Å²) >= 11 is 0. The highest BCUT2D eigenvalue weighted by Crippen LogP contribution is 2.25. The molecule has 0 aliphatic carbocycles. The zero-order chi connectivity index (χ0) is 14.9. The molecule has 4 aromatic rings. The molecule has 1 heterocycles. The van der Waals surface area contributed by atoms with Crippen molar-refractivity contribution in [3.8, 4) is 22.5 Å². The van der Waals surface area contributed by atoms with Crippen molar-refractivity contribution in [3.63, 3.8) is 0 Å². The van der Waals surface area contributed by atoms with Gasteiger partial charge in [-0.25, -0.2) is 9.37 Å². The molecule has 0 aliphatic heterocycles. The van der Waals surface area contributed by atoms with Gasteiger partial charge >= 0.3 is 0 Å². The first kappa shape index (κ1) is 12.8. The molecule has 106 valence electrons. The van der Waals surface area contributed by atoms with E-state index in [4.69, 9.17) is 0 Å². The van der Waals surface area contributed by atoms with E-state index in [9.17, 15) is 4.39 Å². The van der Waals surface area contributed by atoms with Crippen LogP contribution in [-0.4, -0.2) is 9.97 Å². The predicted molar refractivity (Wildman–Crippen MR) is 86.9 cm³/mol. The summed E-state index contributed by atoms with van der Waals surface area (Å²) in [4.78, 5) is 7.91. The summed E-state index contributed by atoms with van der Waals surface area (Å²) in [6.07, 6.45) is 0. The molecule has 0 amide bonds. The Morgan fingerprint density at radius 2 is 1.27 bits per heavy atom. The second-order valence-electron chi connectivity index (χ2n) is 5.19. The van der Waals surface area contributed by atoms with Crippen LogP contribution in [0.25, 0.3) is 33.5 Å². The third-order valence-corrected chi connectivity index (χ3v) is 3.73. The van der Waals surface area contributed by atoms with Gasteiger partial charge in [-0.2, -0.15) is 0 Å². The van der Waals surface area contributed by atoms with E-state index in [1.54, 1.807) is 12.1 Å². The Hall–Kier alpha value is -2.94. The van der Waals surface area contributed by atoms with Crippen molar-refractivity contribution in [1.29, 1.82) is 0 Å². The minimum Gasteiger partial charge on any atom is -0.338 e. The molecule has 0 aliphatic rings. The molecule has 2 nitrogen and oxygen atoms in total. The van der Waals surface area contributed by atoms with Gasteiger partial charge in [0, 0.05) is 5.56 Å². The Morgan fingerprint density at radius 3 is 1.95 bits per heavy atom. The van der Waals surface area contributed by atoms with Crippen molar-refractivity contribution in [1.82, 2.24) is 9.97 Å². The van der Waals surface area contributed by atoms with Crippen molar-refractivity contribution in [3.05, 3.63) is 78.6 Å². The van der Waals surface area contributed by atoms with Crippen molar-refractivity contribution in [2.45, 2.75) is 0 Å². The van der Waals surface area contributed by atoms with Crippen LogP contribution < -0.4 is 0 Å². The highest BCUT2D eigenvalue weighted by molar-refractivity contribution is 5.79. The van der Waals surface area contributed by atoms with E-state index in [0.29, 0.717) is 0 Å². The van der Waals surface area contributed by atoms with Crippen molar-refractivity contribution in [2.24, 2.45) is 0 Å². The second-order valence-corrected chi connectivity index (χ2v) is 5.19. The summed E-state index contributed by atoms with van der Waals surface area (Å²) in [6, 6.07) is 22.6. The number of aromatic amines is 1. The third-order valence-electron chi connectivity index (χ3n) is 3.73. The quantitative estimate of drug-likeness (QED) is 0.550. The number of aromatic nitrogens is 2. The van der Waals surface area contributed by atoms with Crippen molar-refractivity contribution in [2.75, 3.05) is 0 Å². The van der Waals surface area contributed by atoms with Gasteiger partial charge in [0.2, 0.25) is 0 Å². The molecule has 0 unspecified atom stereocenters. The largest absolute Gasteiger partial charge is 0.338 e. The first-order valence-corrected chi connectivity index (χ1v) is 7.11. The number of hydrogen-bond donors (Lipinski definition) is 1. The smallest absolute Gasteiger partial charge is 0.138 e. The molecule has 0 saturated carbocycles. The third kappa shape index (κ3) is 2.27. The van der Waals surface area contributed by atoms with Crippen LogP contribution in [0.4, 0.5) is 4.39 Å². The zero-order valence-corrected chi connectivity index (χ0v) is 11.8. The Bertz CT molecular complexity index is 889. The fourth-order valence-electron chi connectivity index (χ4n) is 2.55. The number of para-hydroxylation sites is 2. The number of fused-ring (bicyclic) bond motifs is 1. The van der Waals surface area contributed by atoms with Crippen molar-refractivity contribution < 1.29 is 4.39 Å². The summed E-state index contributed by atoms with van der Waals surface area (Å²) < 4.78 is 13.0. The molecule has 0 saturated heterocycles. The minimum absolute atomic E-state index is 0.220. The summed E-state index contributed by atoms with van der Waals surface area (Å²) in [5, 5.41) is 0. The van der Waals surface area contributed by atoms with Gasteiger partial charge in [0.25, 0.3) is 0 Å². The molecule has 3 heteroatoms. The first-order chi connectivity index (χ1) is 10.8. The van der Waals surface area contributed by atoms with Crippen LogP contribution in [0.2, 0.25) is 0 Å². The molecule has 22 heavy (non-hydrogen) atoms. The maximum Gasteiger partial charge on any atom is 0.138 e. The van der Waals surface area contributed by atoms with E-state index in [1.165, 1.54) is 12.1 Å². The highest BCUT2D eigenvalue weighted by Gasteiger charge is 2.05. The number of hydrogen-bond acceptors (Lipinski definition) is 1. The molecule has 3 aromatic carbocycles. The molecule has 0 atom stereocenters. The number of benzene rings is 3. The summed E-state index contributed by atoms with van der Waals surface area (Å²) in [5.74, 6) is 0.634. The SMILES string of the molecule is Fc1ccc(-c2ccc(-c3nc4ccccc4[nH]3)cc2)cc1. The molecule has 0 bridgehead atoms. The van der Waals surface area contributed by atoms with Gasteiger partial charge in [-0.05, 0) is 35.4 Å². The van der Waals surface area contributed by atoms with Crippen LogP contribution in [-0.2, 0) is 0 Å². The number of nitrogens with one attached hydrogen (secondary N) is 1. The van der Waals surface area contributed by atoms with Gasteiger partial charge in [0.05, 0.1) is 11.0 Å². The predicted octanol–water partition coefficient (Wildman–Crippen LogP) is 5.04. The lowest BCUT2D eigenvalue weighted by molar-refractivity contribution is 0.628. The molecule has 1 N–H and O–H groups in total. The van der Waals surface area contributed by atoms with Crippen LogP contribution in [0.1, 0.15) is 0 Å². The number of halogens is 1. The molecular formula is C19H13FN2. The minimum atomic E-state index is -0.220. The van der Waals surface area contributed by atoms with Crippen molar-refractivity contribution >= 4 is 11.0 Å². The van der Waals surface area contributed by atoms with Gasteiger partial charge in [-0.1, -0.05) is 48.5 Å². The summed E-state index contributed by atoms with van der Waals surface area (Å²) in [7, 11) is 0. The number of H-pyrrole nitrogens is 1. The summed E-state index contributed by atoms with van der Waals surface area (Å²) in [6.45, 7) is 0. The Kier molecular flexibility index (Phi) is 2.97. The molecule has 4 rings (SSSR count). The molecule has 0 radical (unpaired) electrons. The Labute approximate surface area is 127 Å². The van der Waals surface area contributed by atoms with Crippen LogP contribution in [0.3, 0.4) is 0 Å². The molecule has 0 fully saturated rings. The van der Waals surface area contributed by atoms with Crippen LogP contribution in [0.15, 0.2) is 72.8 Å². The van der Waals surface area contributed by atoms with E-state index >= 15 is 0 Å². The number of rotatable bonds is 2. The monoisotopic (exact) mass is 288 g/mol. The fourth-order valence-corrected chi connectivity index (χ4v) is 2.55. The summed E-state index contributed by atoms with van der Waals surface area (Å²) in [5.41, 5.74) is 5.07. The maximum atomic E-state index is 13.0. The van der Waals surface area contributed by atoms with Gasteiger partial charge < -0.3 is 4.98 Å². The van der Waals surface area contributed by atoms with Crippen LogP contribution in [0.5, 0.6) is 0 Å². The lowest BCUT2D eigenvalue weighted by atomic mass is 10.0. The van der Waals surface area contributed by atoms with Gasteiger partial charge in [0.1, 0.15) is 11.6 Å². The van der Waals surface area contributed by atoms with Gasteiger partial charge in [-0.3, -0.25) is 0 Å². The molecule has 1 aromatic heterocycles. The normalized spacial score (nSPS) is 11.0. The Balaban J connectivity index is 1.70. The van der Waals surface area contributed by atoms with E-state index in [-0.39, 0.29) is 5.82 Å². The average molecular weight is 288 g/mol. The highest BCUT2D eigenvalue weighted by atomic mass is 19.1.